The van der Waals surface area contributed by atoms with Crippen LogP contribution in [-0.2, 0) is 9.53 Å². The summed E-state index contributed by atoms with van der Waals surface area (Å²) in [6, 6.07) is 0. The first-order valence-electron chi connectivity index (χ1n) is 3.78. The van der Waals surface area contributed by atoms with Crippen molar-refractivity contribution in [2.24, 2.45) is 5.73 Å². The van der Waals surface area contributed by atoms with Gasteiger partial charge in [-0.3, -0.25) is 4.79 Å². The minimum absolute atomic E-state index is 0.0783. The first-order chi connectivity index (χ1) is 6.04. The molecule has 78 valence electrons. The standard InChI is InChI=1S/C4H9NOS.C3H5ClO2/c5-3-1-2-4(6)7;1-2-6-3(4)5/h1-3,5H2,(H,6,7);2H2,1H3. The summed E-state index contributed by atoms with van der Waals surface area (Å²) in [4.78, 5) is 19.6. The second kappa shape index (κ2) is 11.7. The van der Waals surface area contributed by atoms with Gasteiger partial charge in [-0.1, -0.05) is 0 Å². The van der Waals surface area contributed by atoms with Crippen LogP contribution in [0.4, 0.5) is 4.79 Å². The molecule has 0 radical (unpaired) electrons. The molecule has 13 heavy (non-hydrogen) atoms. The Bertz CT molecular complexity index is 155. The molecule has 0 aromatic heterocycles. The van der Waals surface area contributed by atoms with Crippen LogP contribution in [0.3, 0.4) is 0 Å². The van der Waals surface area contributed by atoms with Crippen LogP contribution in [0.25, 0.3) is 0 Å². The van der Waals surface area contributed by atoms with Crippen LogP contribution in [0.15, 0.2) is 0 Å². The number of carbonyl (C=O) groups is 2. The maximum Gasteiger partial charge on any atom is 0.403 e. The van der Waals surface area contributed by atoms with E-state index in [1.165, 1.54) is 0 Å². The maximum absolute atomic E-state index is 10.0. The summed E-state index contributed by atoms with van der Waals surface area (Å²) in [5.41, 5.74) is 4.35. The molecule has 0 aromatic carbocycles. The molecule has 0 rings (SSSR count). The van der Waals surface area contributed by atoms with E-state index in [9.17, 15) is 9.59 Å². The summed E-state index contributed by atoms with van der Waals surface area (Å²) in [7, 11) is 0. The highest BCUT2D eigenvalue weighted by molar-refractivity contribution is 7.96. The van der Waals surface area contributed by atoms with Crippen molar-refractivity contribution in [1.29, 1.82) is 0 Å². The number of nitrogens with two attached hydrogens (primary N) is 1. The minimum Gasteiger partial charge on any atom is -0.454 e. The lowest BCUT2D eigenvalue weighted by Crippen LogP contribution is -1.99. The Hall–Kier alpha value is -0.260. The zero-order valence-electron chi connectivity index (χ0n) is 7.46. The third-order valence-corrected chi connectivity index (χ3v) is 1.19. The summed E-state index contributed by atoms with van der Waals surface area (Å²) in [5.74, 6) is 0. The maximum atomic E-state index is 10.0. The van der Waals surface area contributed by atoms with Crippen molar-refractivity contribution in [3.05, 3.63) is 0 Å². The molecule has 0 atom stereocenters. The Labute approximate surface area is 88.2 Å². The first-order valence-corrected chi connectivity index (χ1v) is 4.61. The monoisotopic (exact) mass is 227 g/mol. The van der Waals surface area contributed by atoms with E-state index in [0.717, 1.165) is 6.42 Å². The molecule has 4 nitrogen and oxygen atoms in total. The van der Waals surface area contributed by atoms with Crippen LogP contribution in [0.1, 0.15) is 19.8 Å². The lowest BCUT2D eigenvalue weighted by atomic mass is 10.3. The second-order valence-electron chi connectivity index (χ2n) is 1.96. The van der Waals surface area contributed by atoms with Gasteiger partial charge in [0.2, 0.25) is 0 Å². The van der Waals surface area contributed by atoms with Gasteiger partial charge in [-0.05, 0) is 19.9 Å². The highest BCUT2D eigenvalue weighted by Crippen LogP contribution is 1.89. The van der Waals surface area contributed by atoms with Crippen LogP contribution in [-0.4, -0.2) is 23.7 Å². The normalized spacial score (nSPS) is 8.31. The predicted molar refractivity (Wildman–Crippen MR) is 55.2 cm³/mol. The lowest BCUT2D eigenvalue weighted by Gasteiger charge is -1.86. The third kappa shape index (κ3) is 24.5. The van der Waals surface area contributed by atoms with Crippen molar-refractivity contribution in [3.63, 3.8) is 0 Å². The fourth-order valence-electron chi connectivity index (χ4n) is 0.367. The molecule has 0 heterocycles. The van der Waals surface area contributed by atoms with Gasteiger partial charge in [-0.25, -0.2) is 4.79 Å². The number of halogens is 1. The predicted octanol–water partition coefficient (Wildman–Crippen LogP) is 1.56. The molecule has 0 aliphatic carbocycles. The van der Waals surface area contributed by atoms with Gasteiger partial charge < -0.3 is 10.5 Å². The van der Waals surface area contributed by atoms with Crippen molar-refractivity contribution in [3.8, 4) is 0 Å². The van der Waals surface area contributed by atoms with Crippen LogP contribution in [0.2, 0.25) is 0 Å². The van der Waals surface area contributed by atoms with Crippen molar-refractivity contribution >= 4 is 34.8 Å². The summed E-state index contributed by atoms with van der Waals surface area (Å²) in [5, 5.41) is -0.0783. The lowest BCUT2D eigenvalue weighted by molar-refractivity contribution is -0.110. The highest BCUT2D eigenvalue weighted by Gasteiger charge is 1.88. The average molecular weight is 228 g/mol. The molecule has 2 N–H and O–H groups in total. The van der Waals surface area contributed by atoms with Gasteiger partial charge >= 0.3 is 5.43 Å². The Morgan fingerprint density at radius 2 is 2.08 bits per heavy atom. The molecule has 0 amide bonds. The largest absolute Gasteiger partial charge is 0.454 e. The third-order valence-electron chi connectivity index (χ3n) is 0.853. The Kier molecular flexibility index (Phi) is 13.7. The van der Waals surface area contributed by atoms with E-state index in [-0.39, 0.29) is 5.12 Å². The van der Waals surface area contributed by atoms with Gasteiger partial charge in [-0.2, -0.15) is 0 Å². The summed E-state index contributed by atoms with van der Waals surface area (Å²) >= 11 is 8.25. The Morgan fingerprint density at radius 3 is 2.15 bits per heavy atom. The molecule has 6 heteroatoms. The molecule has 0 unspecified atom stereocenters. The Morgan fingerprint density at radius 1 is 1.54 bits per heavy atom. The number of thiol groups is 1. The molecule has 0 saturated carbocycles. The summed E-state index contributed by atoms with van der Waals surface area (Å²) in [6.45, 7) is 2.62. The van der Waals surface area contributed by atoms with Gasteiger partial charge in [0.05, 0.1) is 6.61 Å². The SMILES string of the molecule is CCOC(=O)Cl.NCCCC(=O)S. The van der Waals surface area contributed by atoms with Gasteiger partial charge in [0.15, 0.2) is 5.12 Å². The molecular formula is C7H14ClNO3S. The molecule has 0 aliphatic heterocycles. The summed E-state index contributed by atoms with van der Waals surface area (Å²) in [6.07, 6.45) is 1.25. The molecule has 0 saturated heterocycles. The number of hydrogen-bond donors (Lipinski definition) is 2. The van der Waals surface area contributed by atoms with Crippen molar-refractivity contribution in [2.75, 3.05) is 13.2 Å². The van der Waals surface area contributed by atoms with Gasteiger partial charge in [-0.15, -0.1) is 12.6 Å². The van der Waals surface area contributed by atoms with E-state index in [4.69, 9.17) is 17.3 Å². The number of rotatable bonds is 4. The van der Waals surface area contributed by atoms with Crippen molar-refractivity contribution in [1.82, 2.24) is 0 Å². The molecule has 0 aliphatic rings. The van der Waals surface area contributed by atoms with Crippen molar-refractivity contribution in [2.45, 2.75) is 19.8 Å². The molecular weight excluding hydrogens is 214 g/mol. The van der Waals surface area contributed by atoms with Crippen LogP contribution in [0, 0.1) is 0 Å². The van der Waals surface area contributed by atoms with E-state index < -0.39 is 5.43 Å². The fraction of sp³-hybridized carbons (Fsp3) is 0.714. The smallest absolute Gasteiger partial charge is 0.403 e. The van der Waals surface area contributed by atoms with Crippen LogP contribution < -0.4 is 5.73 Å². The number of carbonyl (C=O) groups excluding carboxylic acids is 2. The van der Waals surface area contributed by atoms with E-state index in [1.807, 2.05) is 0 Å². The van der Waals surface area contributed by atoms with E-state index in [1.54, 1.807) is 6.92 Å². The summed E-state index contributed by atoms with van der Waals surface area (Å²) < 4.78 is 4.17. The zero-order valence-corrected chi connectivity index (χ0v) is 9.11. The number of hydrogen-bond acceptors (Lipinski definition) is 4. The molecule has 0 fully saturated rings. The zero-order chi connectivity index (χ0) is 10.7. The van der Waals surface area contributed by atoms with Crippen LogP contribution in [0.5, 0.6) is 0 Å². The van der Waals surface area contributed by atoms with Gasteiger partial charge in [0.1, 0.15) is 0 Å². The quantitative estimate of drug-likeness (QED) is 0.565. The molecule has 0 aromatic rings. The van der Waals surface area contributed by atoms with Gasteiger partial charge in [0.25, 0.3) is 0 Å². The van der Waals surface area contributed by atoms with E-state index in [2.05, 4.69) is 17.4 Å². The Balaban J connectivity index is 0. The van der Waals surface area contributed by atoms with Crippen LogP contribution >= 0.6 is 24.2 Å². The minimum atomic E-state index is -0.738. The van der Waals surface area contributed by atoms with E-state index >= 15 is 0 Å². The first kappa shape index (κ1) is 15.2. The second-order valence-corrected chi connectivity index (χ2v) is 2.76. The molecule has 0 spiro atoms. The topological polar surface area (TPSA) is 69.4 Å². The van der Waals surface area contributed by atoms with Crippen molar-refractivity contribution < 1.29 is 14.3 Å². The number of ether oxygens (including phenoxy) is 1. The average Bonchev–Trinajstić information content (AvgIpc) is 2.01. The highest BCUT2D eigenvalue weighted by atomic mass is 35.5. The van der Waals surface area contributed by atoms with E-state index in [0.29, 0.717) is 19.6 Å². The fourth-order valence-corrected chi connectivity index (χ4v) is 0.634. The van der Waals surface area contributed by atoms with Gasteiger partial charge in [0, 0.05) is 18.0 Å². The molecule has 0 bridgehead atoms.